The standard InChI is InChI=1S/C15H19N3O4/c1-15(2,3)21-14(20)18-11(8-13(19)22-18)10-4-5-12-16-6-7-17(12)9-10/h4-7,9,11,13,19H,8H2,1-3H3. The van der Waals surface area contributed by atoms with E-state index in [4.69, 9.17) is 9.57 Å². The summed E-state index contributed by atoms with van der Waals surface area (Å²) in [5.41, 5.74) is 1.02. The number of hydrogen-bond acceptors (Lipinski definition) is 5. The van der Waals surface area contributed by atoms with Gasteiger partial charge in [0.05, 0.1) is 6.04 Å². The predicted octanol–water partition coefficient (Wildman–Crippen LogP) is 2.27. The number of pyridine rings is 1. The first-order valence-electron chi connectivity index (χ1n) is 7.13. The van der Waals surface area contributed by atoms with Gasteiger partial charge in [-0.05, 0) is 32.4 Å². The van der Waals surface area contributed by atoms with Gasteiger partial charge in [-0.25, -0.2) is 14.6 Å². The molecule has 0 bridgehead atoms. The van der Waals surface area contributed by atoms with Crippen LogP contribution < -0.4 is 0 Å². The Hall–Kier alpha value is -2.12. The van der Waals surface area contributed by atoms with Crippen LogP contribution in [0.3, 0.4) is 0 Å². The smallest absolute Gasteiger partial charge is 0.435 e. The fraction of sp³-hybridized carbons (Fsp3) is 0.467. The van der Waals surface area contributed by atoms with Crippen molar-refractivity contribution >= 4 is 11.7 Å². The fourth-order valence-electron chi connectivity index (χ4n) is 2.42. The highest BCUT2D eigenvalue weighted by molar-refractivity contribution is 5.68. The lowest BCUT2D eigenvalue weighted by Gasteiger charge is -2.27. The van der Waals surface area contributed by atoms with E-state index in [1.165, 1.54) is 0 Å². The number of carbonyl (C=O) groups excluding carboxylic acids is 1. The van der Waals surface area contributed by atoms with Crippen molar-refractivity contribution in [1.82, 2.24) is 14.4 Å². The largest absolute Gasteiger partial charge is 0.442 e. The van der Waals surface area contributed by atoms with Crippen LogP contribution >= 0.6 is 0 Å². The summed E-state index contributed by atoms with van der Waals surface area (Å²) >= 11 is 0. The summed E-state index contributed by atoms with van der Waals surface area (Å²) in [6.07, 6.45) is 4.04. The maximum Gasteiger partial charge on any atom is 0.435 e. The van der Waals surface area contributed by atoms with Crippen molar-refractivity contribution < 1.29 is 19.5 Å². The second kappa shape index (κ2) is 5.26. The highest BCUT2D eigenvalue weighted by Gasteiger charge is 2.39. The second-order valence-corrected chi connectivity index (χ2v) is 6.27. The van der Waals surface area contributed by atoms with E-state index >= 15 is 0 Å². The van der Waals surface area contributed by atoms with Crippen LogP contribution in [0.2, 0.25) is 0 Å². The van der Waals surface area contributed by atoms with E-state index < -0.39 is 24.0 Å². The zero-order valence-corrected chi connectivity index (χ0v) is 12.8. The van der Waals surface area contributed by atoms with Crippen LogP contribution in [0, 0.1) is 0 Å². The van der Waals surface area contributed by atoms with Gasteiger partial charge in [-0.3, -0.25) is 0 Å². The van der Waals surface area contributed by atoms with Gasteiger partial charge in [0.1, 0.15) is 11.2 Å². The number of imidazole rings is 1. The molecule has 0 spiro atoms. The van der Waals surface area contributed by atoms with Crippen molar-refractivity contribution in [2.75, 3.05) is 0 Å². The third kappa shape index (κ3) is 2.90. The Balaban J connectivity index is 1.88. The molecule has 0 aliphatic carbocycles. The first kappa shape index (κ1) is 14.8. The van der Waals surface area contributed by atoms with Gasteiger partial charge in [-0.15, -0.1) is 0 Å². The molecule has 1 aliphatic heterocycles. The number of aromatic nitrogens is 2. The summed E-state index contributed by atoms with van der Waals surface area (Å²) in [4.78, 5) is 21.7. The van der Waals surface area contributed by atoms with Crippen LogP contribution in [-0.4, -0.2) is 37.5 Å². The minimum Gasteiger partial charge on any atom is -0.442 e. The second-order valence-electron chi connectivity index (χ2n) is 6.27. The van der Waals surface area contributed by atoms with E-state index in [0.29, 0.717) is 6.42 Å². The highest BCUT2D eigenvalue weighted by atomic mass is 16.8. The zero-order chi connectivity index (χ0) is 15.9. The number of ether oxygens (including phenoxy) is 1. The van der Waals surface area contributed by atoms with Gasteiger partial charge < -0.3 is 14.2 Å². The van der Waals surface area contributed by atoms with E-state index in [0.717, 1.165) is 16.3 Å². The van der Waals surface area contributed by atoms with Crippen LogP contribution in [-0.2, 0) is 9.57 Å². The molecule has 0 radical (unpaired) electrons. The maximum absolute atomic E-state index is 12.3. The number of aliphatic hydroxyl groups is 1. The molecule has 0 saturated carbocycles. The Morgan fingerprint density at radius 2 is 2.23 bits per heavy atom. The number of nitrogens with zero attached hydrogens (tertiary/aromatic N) is 3. The van der Waals surface area contributed by atoms with Crippen LogP contribution in [0.1, 0.15) is 38.8 Å². The van der Waals surface area contributed by atoms with Crippen LogP contribution in [0.5, 0.6) is 0 Å². The molecule has 1 N–H and O–H groups in total. The molecule has 7 heteroatoms. The highest BCUT2D eigenvalue weighted by Crippen LogP contribution is 2.34. The first-order valence-corrected chi connectivity index (χ1v) is 7.13. The molecule has 1 fully saturated rings. The summed E-state index contributed by atoms with van der Waals surface area (Å²) in [7, 11) is 0. The molecule has 2 aromatic heterocycles. The molecular formula is C15H19N3O4. The normalized spacial score (nSPS) is 22.3. The Labute approximate surface area is 128 Å². The number of amides is 1. The lowest BCUT2D eigenvalue weighted by molar-refractivity contribution is -0.207. The molecule has 2 atom stereocenters. The Kier molecular flexibility index (Phi) is 3.54. The van der Waals surface area contributed by atoms with Crippen LogP contribution in [0.4, 0.5) is 4.79 Å². The number of rotatable bonds is 1. The van der Waals surface area contributed by atoms with Crippen molar-refractivity contribution in [2.45, 2.75) is 45.1 Å². The van der Waals surface area contributed by atoms with E-state index in [2.05, 4.69) is 4.98 Å². The van der Waals surface area contributed by atoms with Gasteiger partial charge >= 0.3 is 6.09 Å². The van der Waals surface area contributed by atoms with Gasteiger partial charge in [-0.1, -0.05) is 6.07 Å². The number of aliphatic hydroxyl groups excluding tert-OH is 1. The van der Waals surface area contributed by atoms with E-state index in [1.54, 1.807) is 27.0 Å². The summed E-state index contributed by atoms with van der Waals surface area (Å²) < 4.78 is 7.18. The Morgan fingerprint density at radius 3 is 2.95 bits per heavy atom. The topological polar surface area (TPSA) is 76.3 Å². The summed E-state index contributed by atoms with van der Waals surface area (Å²) in [5.74, 6) is 0. The van der Waals surface area contributed by atoms with Crippen molar-refractivity contribution in [3.05, 3.63) is 36.3 Å². The third-order valence-corrected chi connectivity index (χ3v) is 3.31. The van der Waals surface area contributed by atoms with E-state index in [9.17, 15) is 9.90 Å². The van der Waals surface area contributed by atoms with Gasteiger partial charge in [0.2, 0.25) is 0 Å². The molecule has 1 aliphatic rings. The molecule has 2 unspecified atom stereocenters. The average Bonchev–Trinajstić information content (AvgIpc) is 3.01. The van der Waals surface area contributed by atoms with Crippen LogP contribution in [0.25, 0.3) is 5.65 Å². The molecule has 22 heavy (non-hydrogen) atoms. The molecule has 0 aromatic carbocycles. The maximum atomic E-state index is 12.3. The Bertz CT molecular complexity index is 691. The summed E-state index contributed by atoms with van der Waals surface area (Å²) in [5, 5.41) is 10.9. The van der Waals surface area contributed by atoms with Crippen molar-refractivity contribution in [3.63, 3.8) is 0 Å². The van der Waals surface area contributed by atoms with Gasteiger partial charge in [-0.2, -0.15) is 5.06 Å². The lowest BCUT2D eigenvalue weighted by Crippen LogP contribution is -2.36. The van der Waals surface area contributed by atoms with Gasteiger partial charge in [0.25, 0.3) is 0 Å². The monoisotopic (exact) mass is 305 g/mol. The number of hydrogen-bond donors (Lipinski definition) is 1. The molecular weight excluding hydrogens is 286 g/mol. The number of hydroxylamine groups is 2. The predicted molar refractivity (Wildman–Crippen MR) is 77.7 cm³/mol. The molecule has 3 heterocycles. The van der Waals surface area contributed by atoms with Crippen molar-refractivity contribution in [3.8, 4) is 0 Å². The van der Waals surface area contributed by atoms with Gasteiger partial charge in [0, 0.05) is 25.0 Å². The summed E-state index contributed by atoms with van der Waals surface area (Å²) in [6.45, 7) is 5.35. The summed E-state index contributed by atoms with van der Waals surface area (Å²) in [6, 6.07) is 3.32. The lowest BCUT2D eigenvalue weighted by atomic mass is 10.1. The molecule has 3 rings (SSSR count). The van der Waals surface area contributed by atoms with E-state index in [-0.39, 0.29) is 0 Å². The zero-order valence-electron chi connectivity index (χ0n) is 12.8. The number of fused-ring (bicyclic) bond motifs is 1. The fourth-order valence-corrected chi connectivity index (χ4v) is 2.42. The minimum atomic E-state index is -1.03. The molecule has 1 saturated heterocycles. The molecule has 118 valence electrons. The molecule has 7 nitrogen and oxygen atoms in total. The van der Waals surface area contributed by atoms with Crippen LogP contribution in [0.15, 0.2) is 30.7 Å². The van der Waals surface area contributed by atoms with Gasteiger partial charge in [0.15, 0.2) is 6.29 Å². The quantitative estimate of drug-likeness (QED) is 0.874. The Morgan fingerprint density at radius 1 is 1.45 bits per heavy atom. The average molecular weight is 305 g/mol. The number of carbonyl (C=O) groups is 1. The molecule has 2 aromatic rings. The van der Waals surface area contributed by atoms with Crippen molar-refractivity contribution in [1.29, 1.82) is 0 Å². The van der Waals surface area contributed by atoms with Crippen molar-refractivity contribution in [2.24, 2.45) is 0 Å². The SMILES string of the molecule is CC(C)(C)OC(=O)N1OC(O)CC1c1ccc2nccn2c1. The first-order chi connectivity index (χ1) is 10.3. The third-order valence-electron chi connectivity index (χ3n) is 3.31. The van der Waals surface area contributed by atoms with E-state index in [1.807, 2.05) is 28.9 Å². The molecule has 1 amide bonds. The minimum absolute atomic E-state index is 0.291.